The van der Waals surface area contributed by atoms with Gasteiger partial charge in [0.1, 0.15) is 18.3 Å². The molecule has 2 rings (SSSR count). The zero-order chi connectivity index (χ0) is 8.55. The minimum Gasteiger partial charge on any atom is -0.783 e. The lowest BCUT2D eigenvalue weighted by Gasteiger charge is -2.33. The monoisotopic (exact) mass is 168 g/mol. The molecule has 64 valence electrons. The maximum Gasteiger partial charge on any atom is 0.131 e. The second kappa shape index (κ2) is 2.73. The highest BCUT2D eigenvalue weighted by atomic mass is 19.1. The fourth-order valence-corrected chi connectivity index (χ4v) is 1.17. The van der Waals surface area contributed by atoms with Gasteiger partial charge in [0.2, 0.25) is 0 Å². The maximum atomic E-state index is 12.6. The Hall–Kier alpha value is -1.13. The molecular weight excluding hydrogens is 161 g/mol. The summed E-state index contributed by atoms with van der Waals surface area (Å²) >= 11 is 0. The van der Waals surface area contributed by atoms with E-state index in [0.717, 1.165) is 10.6 Å². The molecule has 0 radical (unpaired) electrons. The number of nitrogens with zero attached hydrogens (tertiary/aromatic N) is 1. The fourth-order valence-electron chi connectivity index (χ4n) is 1.17. The van der Waals surface area contributed by atoms with Gasteiger partial charge in [-0.1, -0.05) is 6.07 Å². The summed E-state index contributed by atoms with van der Waals surface area (Å²) in [5.74, 6) is 0.134. The number of hydrogen-bond donors (Lipinski definition) is 0. The Bertz CT molecular complexity index is 303. The van der Waals surface area contributed by atoms with Gasteiger partial charge in [0.25, 0.3) is 0 Å². The van der Waals surface area contributed by atoms with Crippen molar-refractivity contribution in [2.45, 2.75) is 6.54 Å². The minimum absolute atomic E-state index is 0.0174. The first kappa shape index (κ1) is 7.52. The number of rotatable bonds is 0. The van der Waals surface area contributed by atoms with E-state index in [1.54, 1.807) is 6.07 Å². The van der Waals surface area contributed by atoms with Gasteiger partial charge in [-0.25, -0.2) is 4.39 Å². The van der Waals surface area contributed by atoms with Gasteiger partial charge in [0, 0.05) is 18.2 Å². The summed E-state index contributed by atoms with van der Waals surface area (Å²) in [5, 5.41) is 11.6. The predicted octanol–water partition coefficient (Wildman–Crippen LogP) is 1.48. The first-order chi connectivity index (χ1) is 5.75. The lowest BCUT2D eigenvalue weighted by atomic mass is 10.2. The molecule has 0 aromatic heterocycles. The Morgan fingerprint density at radius 2 is 2.33 bits per heavy atom. The number of benzene rings is 1. The van der Waals surface area contributed by atoms with Crippen molar-refractivity contribution in [3.63, 3.8) is 0 Å². The van der Waals surface area contributed by atoms with Gasteiger partial charge >= 0.3 is 0 Å². The molecule has 0 saturated carbocycles. The Morgan fingerprint density at radius 3 is 3.17 bits per heavy atom. The van der Waals surface area contributed by atoms with E-state index in [-0.39, 0.29) is 19.1 Å². The smallest absolute Gasteiger partial charge is 0.131 e. The molecule has 3 nitrogen and oxygen atoms in total. The average molecular weight is 168 g/mol. The molecule has 4 heteroatoms. The summed E-state index contributed by atoms with van der Waals surface area (Å²) in [7, 11) is 0. The Morgan fingerprint density at radius 1 is 1.50 bits per heavy atom. The average Bonchev–Trinajstić information content (AvgIpc) is 2.05. The first-order valence-corrected chi connectivity index (χ1v) is 3.59. The van der Waals surface area contributed by atoms with Gasteiger partial charge in [0.15, 0.2) is 0 Å². The van der Waals surface area contributed by atoms with Gasteiger partial charge in [0.05, 0.1) is 0 Å². The van der Waals surface area contributed by atoms with E-state index < -0.39 is 0 Å². The van der Waals surface area contributed by atoms with Gasteiger partial charge in [-0.2, -0.15) is 0 Å². The van der Waals surface area contributed by atoms with Crippen LogP contribution in [0.4, 0.5) is 4.39 Å². The molecule has 1 aromatic rings. The number of fused-ring (bicyclic) bond motifs is 1. The van der Waals surface area contributed by atoms with E-state index in [1.807, 2.05) is 0 Å². The summed E-state index contributed by atoms with van der Waals surface area (Å²) < 4.78 is 17.6. The molecule has 1 heterocycles. The largest absolute Gasteiger partial charge is 0.783 e. The van der Waals surface area contributed by atoms with Crippen molar-refractivity contribution < 1.29 is 9.13 Å². The molecule has 0 fully saturated rings. The standard InChI is InChI=1S/C8H7FNO2/c9-7-2-1-6-4-10(11)5-12-8(6)3-7/h1-3H,4-5H2/q-1. The molecule has 0 amide bonds. The Kier molecular flexibility index (Phi) is 1.71. The molecule has 0 unspecified atom stereocenters. The van der Waals surface area contributed by atoms with Crippen molar-refractivity contribution in [2.75, 3.05) is 6.73 Å². The number of halogens is 1. The highest BCUT2D eigenvalue weighted by molar-refractivity contribution is 5.35. The quantitative estimate of drug-likeness (QED) is 0.588. The van der Waals surface area contributed by atoms with Crippen LogP contribution in [0.25, 0.3) is 0 Å². The highest BCUT2D eigenvalue weighted by Gasteiger charge is 2.11. The van der Waals surface area contributed by atoms with Gasteiger partial charge in [-0.3, -0.25) is 0 Å². The molecular formula is C8H7FNO2-. The Balaban J connectivity index is 2.37. The lowest BCUT2D eigenvalue weighted by molar-refractivity contribution is 0.140. The van der Waals surface area contributed by atoms with E-state index in [2.05, 4.69) is 0 Å². The summed E-state index contributed by atoms with van der Waals surface area (Å²) in [5.41, 5.74) is 0.734. The van der Waals surface area contributed by atoms with E-state index in [0.29, 0.717) is 5.75 Å². The van der Waals surface area contributed by atoms with Crippen molar-refractivity contribution in [3.05, 3.63) is 34.8 Å². The van der Waals surface area contributed by atoms with E-state index in [9.17, 15) is 9.60 Å². The molecule has 0 spiro atoms. The van der Waals surface area contributed by atoms with Crippen molar-refractivity contribution in [3.8, 4) is 5.75 Å². The fraction of sp³-hybridized carbons (Fsp3) is 0.250. The number of hydroxylamine groups is 2. The van der Waals surface area contributed by atoms with Crippen molar-refractivity contribution in [1.29, 1.82) is 0 Å². The van der Waals surface area contributed by atoms with Crippen LogP contribution in [0.3, 0.4) is 0 Å². The Labute approximate surface area is 68.9 Å². The van der Waals surface area contributed by atoms with Crippen molar-refractivity contribution in [2.24, 2.45) is 0 Å². The molecule has 1 aliphatic heterocycles. The molecule has 0 atom stereocenters. The molecule has 12 heavy (non-hydrogen) atoms. The number of ether oxygens (including phenoxy) is 1. The molecule has 1 aromatic carbocycles. The predicted molar refractivity (Wildman–Crippen MR) is 40.8 cm³/mol. The summed E-state index contributed by atoms with van der Waals surface area (Å²) in [6.07, 6.45) is 0. The second-order valence-electron chi connectivity index (χ2n) is 2.67. The SMILES string of the molecule is [O-]N1COc2cc(F)ccc2C1. The lowest BCUT2D eigenvalue weighted by Crippen LogP contribution is -2.26. The summed E-state index contributed by atoms with van der Waals surface area (Å²) in [4.78, 5) is 0. The first-order valence-electron chi connectivity index (χ1n) is 3.59. The third-order valence-electron chi connectivity index (χ3n) is 1.74. The van der Waals surface area contributed by atoms with E-state index in [1.165, 1.54) is 12.1 Å². The van der Waals surface area contributed by atoms with Crippen LogP contribution in [0.1, 0.15) is 5.56 Å². The second-order valence-corrected chi connectivity index (χ2v) is 2.67. The molecule has 0 N–H and O–H groups in total. The van der Waals surface area contributed by atoms with Crippen LogP contribution in [-0.2, 0) is 6.54 Å². The zero-order valence-corrected chi connectivity index (χ0v) is 6.29. The zero-order valence-electron chi connectivity index (χ0n) is 6.29. The minimum atomic E-state index is -0.340. The van der Waals surface area contributed by atoms with Gasteiger partial charge in [-0.15, -0.1) is 0 Å². The van der Waals surface area contributed by atoms with Crippen LogP contribution < -0.4 is 4.74 Å². The van der Waals surface area contributed by atoms with Crippen molar-refractivity contribution >= 4 is 0 Å². The summed E-state index contributed by atoms with van der Waals surface area (Å²) in [6.45, 7) is 0.256. The topological polar surface area (TPSA) is 35.5 Å². The van der Waals surface area contributed by atoms with Crippen LogP contribution in [0.2, 0.25) is 0 Å². The van der Waals surface area contributed by atoms with Crippen LogP contribution in [0.15, 0.2) is 18.2 Å². The van der Waals surface area contributed by atoms with Crippen LogP contribution in [0.5, 0.6) is 5.75 Å². The van der Waals surface area contributed by atoms with E-state index in [4.69, 9.17) is 4.74 Å². The molecule has 0 aliphatic carbocycles. The highest BCUT2D eigenvalue weighted by Crippen LogP contribution is 2.24. The van der Waals surface area contributed by atoms with Gasteiger partial charge < -0.3 is 15.0 Å². The molecule has 1 aliphatic rings. The summed E-state index contributed by atoms with van der Waals surface area (Å²) in [6, 6.07) is 4.18. The van der Waals surface area contributed by atoms with Gasteiger partial charge in [-0.05, 0) is 6.07 Å². The third-order valence-corrected chi connectivity index (χ3v) is 1.74. The number of hydrogen-bond acceptors (Lipinski definition) is 3. The van der Waals surface area contributed by atoms with Crippen LogP contribution in [-0.4, -0.2) is 11.8 Å². The van der Waals surface area contributed by atoms with E-state index >= 15 is 0 Å². The van der Waals surface area contributed by atoms with Crippen LogP contribution >= 0.6 is 0 Å². The third kappa shape index (κ3) is 1.26. The maximum absolute atomic E-state index is 12.6. The molecule has 0 bridgehead atoms. The molecule has 0 saturated heterocycles. The normalized spacial score (nSPS) is 16.8. The van der Waals surface area contributed by atoms with Crippen LogP contribution in [0, 0.1) is 11.0 Å². The van der Waals surface area contributed by atoms with Crippen molar-refractivity contribution in [1.82, 2.24) is 5.06 Å².